The molecule has 0 spiro atoms. The van der Waals surface area contributed by atoms with Gasteiger partial charge in [-0.15, -0.1) is 0 Å². The lowest BCUT2D eigenvalue weighted by atomic mass is 10.0. The summed E-state index contributed by atoms with van der Waals surface area (Å²) in [5.41, 5.74) is -0.702. The van der Waals surface area contributed by atoms with Crippen molar-refractivity contribution < 1.29 is 33.3 Å². The number of morpholine rings is 1. The second-order valence-electron chi connectivity index (χ2n) is 11.5. The Balaban J connectivity index is 1.61. The topological polar surface area (TPSA) is 105 Å². The van der Waals surface area contributed by atoms with Crippen LogP contribution in [0.5, 0.6) is 11.5 Å². The second-order valence-corrected chi connectivity index (χ2v) is 11.8. The van der Waals surface area contributed by atoms with Gasteiger partial charge in [-0.1, -0.05) is 17.7 Å². The van der Waals surface area contributed by atoms with Crippen LogP contribution in [0.4, 0.5) is 15.0 Å². The maximum Gasteiger partial charge on any atom is 0.410 e. The zero-order valence-electron chi connectivity index (χ0n) is 23.2. The SMILES string of the molecule is C[C@@H]1COC[C@H](C)N1c1nc(-c2c(O)cccc2F)c(Cl)c2c1C(=O)N1CCN(C(=O)OC(C)(C)C)C[C@@H]1CO2. The molecule has 1 aromatic heterocycles. The number of hydrogen-bond donors (Lipinski definition) is 1. The van der Waals surface area contributed by atoms with Gasteiger partial charge >= 0.3 is 6.09 Å². The molecule has 12 heteroatoms. The minimum Gasteiger partial charge on any atom is -0.507 e. The number of fused-ring (bicyclic) bond motifs is 2. The molecule has 10 nitrogen and oxygen atoms in total. The maximum atomic E-state index is 15.1. The number of carbonyl (C=O) groups is 2. The van der Waals surface area contributed by atoms with E-state index in [-0.39, 0.29) is 83.4 Å². The van der Waals surface area contributed by atoms with Crippen LogP contribution in [0.3, 0.4) is 0 Å². The summed E-state index contributed by atoms with van der Waals surface area (Å²) in [7, 11) is 0. The molecule has 1 N–H and O–H groups in total. The van der Waals surface area contributed by atoms with Gasteiger partial charge in [0.05, 0.1) is 36.9 Å². The van der Waals surface area contributed by atoms with Crippen LogP contribution in [-0.4, -0.2) is 95.1 Å². The highest BCUT2D eigenvalue weighted by Gasteiger charge is 2.43. The number of carbonyl (C=O) groups excluding carboxylic acids is 2. The second kappa shape index (κ2) is 10.6. The molecule has 2 amide bonds. The monoisotopic (exact) mass is 576 g/mol. The molecule has 40 heavy (non-hydrogen) atoms. The van der Waals surface area contributed by atoms with Crippen LogP contribution in [-0.2, 0) is 9.47 Å². The van der Waals surface area contributed by atoms with E-state index in [0.717, 1.165) is 0 Å². The van der Waals surface area contributed by atoms with Crippen molar-refractivity contribution in [1.82, 2.24) is 14.8 Å². The predicted molar refractivity (Wildman–Crippen MR) is 147 cm³/mol. The van der Waals surface area contributed by atoms with E-state index < -0.39 is 23.6 Å². The highest BCUT2D eigenvalue weighted by molar-refractivity contribution is 6.35. The Bertz CT molecular complexity index is 1300. The fraction of sp³-hybridized carbons (Fsp3) is 0.536. The van der Waals surface area contributed by atoms with E-state index in [9.17, 15) is 14.7 Å². The molecule has 0 aliphatic carbocycles. The van der Waals surface area contributed by atoms with E-state index in [1.54, 1.807) is 30.6 Å². The van der Waals surface area contributed by atoms with Crippen molar-refractivity contribution in [2.24, 2.45) is 0 Å². The fourth-order valence-electron chi connectivity index (χ4n) is 5.46. The maximum absolute atomic E-state index is 15.1. The molecule has 2 fully saturated rings. The van der Waals surface area contributed by atoms with Crippen LogP contribution >= 0.6 is 11.6 Å². The zero-order chi connectivity index (χ0) is 28.9. The molecule has 3 atom stereocenters. The number of aromatic nitrogens is 1. The van der Waals surface area contributed by atoms with Gasteiger partial charge in [0.1, 0.15) is 45.9 Å². The number of rotatable bonds is 2. The lowest BCUT2D eigenvalue weighted by Crippen LogP contribution is -2.58. The summed E-state index contributed by atoms with van der Waals surface area (Å²) < 4.78 is 32.5. The molecule has 0 radical (unpaired) electrons. The number of halogens is 2. The van der Waals surface area contributed by atoms with E-state index in [1.165, 1.54) is 18.2 Å². The Kier molecular flexibility index (Phi) is 7.47. The Morgan fingerprint density at radius 3 is 2.50 bits per heavy atom. The van der Waals surface area contributed by atoms with E-state index in [1.807, 2.05) is 18.7 Å². The van der Waals surface area contributed by atoms with Crippen molar-refractivity contribution in [3.05, 3.63) is 34.6 Å². The van der Waals surface area contributed by atoms with Gasteiger partial charge in [-0.3, -0.25) is 4.79 Å². The lowest BCUT2D eigenvalue weighted by Gasteiger charge is -2.42. The summed E-state index contributed by atoms with van der Waals surface area (Å²) >= 11 is 6.81. The molecule has 3 aliphatic heterocycles. The van der Waals surface area contributed by atoms with Gasteiger partial charge < -0.3 is 34.0 Å². The Hall–Kier alpha value is -3.31. The first-order valence-electron chi connectivity index (χ1n) is 13.4. The molecule has 2 saturated heterocycles. The molecule has 5 rings (SSSR count). The third kappa shape index (κ3) is 5.12. The molecule has 3 aliphatic rings. The van der Waals surface area contributed by atoms with Crippen LogP contribution in [0.25, 0.3) is 11.3 Å². The van der Waals surface area contributed by atoms with Gasteiger partial charge in [-0.25, -0.2) is 14.2 Å². The standard InChI is InChI=1S/C28H34ClFN4O6/c1-15-12-38-13-16(2)34(15)25-21-24(22(29)23(31-25)20-18(30)7-6-8-19(20)35)39-14-17-11-32(9-10-33(17)26(21)36)27(37)40-28(3,4)5/h6-8,15-17,35H,9-14H2,1-5H3/t15-,16+,17-/m1/s1. The normalized spacial score (nSPS) is 23.2. The number of phenols is 1. The van der Waals surface area contributed by atoms with Crippen LogP contribution in [0, 0.1) is 5.82 Å². The van der Waals surface area contributed by atoms with Crippen LogP contribution in [0.15, 0.2) is 18.2 Å². The quantitative estimate of drug-likeness (QED) is 0.564. The summed E-state index contributed by atoms with van der Waals surface area (Å²) in [6, 6.07) is 3.12. The van der Waals surface area contributed by atoms with Crippen LogP contribution < -0.4 is 9.64 Å². The van der Waals surface area contributed by atoms with Crippen molar-refractivity contribution in [3.8, 4) is 22.8 Å². The first-order chi connectivity index (χ1) is 18.9. The van der Waals surface area contributed by atoms with E-state index >= 15 is 4.39 Å². The number of hydrogen-bond acceptors (Lipinski definition) is 8. The largest absolute Gasteiger partial charge is 0.507 e. The van der Waals surface area contributed by atoms with Crippen molar-refractivity contribution in [2.45, 2.75) is 58.3 Å². The molecule has 1 aromatic carbocycles. The van der Waals surface area contributed by atoms with E-state index in [0.29, 0.717) is 13.2 Å². The first-order valence-corrected chi connectivity index (χ1v) is 13.7. The van der Waals surface area contributed by atoms with Gasteiger partial charge in [-0.2, -0.15) is 0 Å². The Morgan fingerprint density at radius 1 is 1.15 bits per heavy atom. The number of aromatic hydroxyl groups is 1. The minimum absolute atomic E-state index is 0.0278. The summed E-state index contributed by atoms with van der Waals surface area (Å²) in [4.78, 5) is 36.9. The van der Waals surface area contributed by atoms with Crippen LogP contribution in [0.2, 0.25) is 5.02 Å². The highest BCUT2D eigenvalue weighted by atomic mass is 35.5. The van der Waals surface area contributed by atoms with E-state index in [4.69, 9.17) is 30.8 Å². The number of amides is 2. The summed E-state index contributed by atoms with van der Waals surface area (Å²) in [6.45, 7) is 10.9. The van der Waals surface area contributed by atoms with Crippen molar-refractivity contribution in [3.63, 3.8) is 0 Å². The molecule has 0 unspecified atom stereocenters. The van der Waals surface area contributed by atoms with Crippen molar-refractivity contribution >= 4 is 29.4 Å². The molecule has 216 valence electrons. The molecule has 0 saturated carbocycles. The molecular weight excluding hydrogens is 543 g/mol. The molecule has 4 heterocycles. The minimum atomic E-state index is -0.714. The first kappa shape index (κ1) is 28.2. The van der Waals surface area contributed by atoms with Gasteiger partial charge in [0, 0.05) is 19.6 Å². The number of pyridine rings is 1. The molecular formula is C28H34ClFN4O6. The third-order valence-corrected chi connectivity index (χ3v) is 7.60. The van der Waals surface area contributed by atoms with Gasteiger partial charge in [-0.05, 0) is 46.8 Å². The third-order valence-electron chi connectivity index (χ3n) is 7.25. The predicted octanol–water partition coefficient (Wildman–Crippen LogP) is 4.31. The van der Waals surface area contributed by atoms with Crippen LogP contribution in [0.1, 0.15) is 45.0 Å². The molecule has 2 aromatic rings. The number of phenolic OH excluding ortho intramolecular Hbond substituents is 1. The summed E-state index contributed by atoms with van der Waals surface area (Å²) in [5.74, 6) is -1.05. The number of nitrogens with zero attached hydrogens (tertiary/aromatic N) is 4. The summed E-state index contributed by atoms with van der Waals surface area (Å²) in [5, 5.41) is 10.5. The van der Waals surface area contributed by atoms with Gasteiger partial charge in [0.2, 0.25) is 0 Å². The highest BCUT2D eigenvalue weighted by Crippen LogP contribution is 2.46. The number of benzene rings is 1. The number of anilines is 1. The Morgan fingerprint density at radius 2 is 1.85 bits per heavy atom. The van der Waals surface area contributed by atoms with Gasteiger partial charge in [0.15, 0.2) is 5.75 Å². The zero-order valence-corrected chi connectivity index (χ0v) is 24.0. The Labute approximate surface area is 237 Å². The van der Waals surface area contributed by atoms with Crippen molar-refractivity contribution in [2.75, 3.05) is 44.4 Å². The van der Waals surface area contributed by atoms with E-state index in [2.05, 4.69) is 0 Å². The smallest absolute Gasteiger partial charge is 0.410 e. The average molecular weight is 577 g/mol. The number of ether oxygens (including phenoxy) is 3. The number of piperazine rings is 1. The van der Waals surface area contributed by atoms with Crippen molar-refractivity contribution in [1.29, 1.82) is 0 Å². The lowest BCUT2D eigenvalue weighted by molar-refractivity contribution is 0.000945. The molecule has 0 bridgehead atoms. The van der Waals surface area contributed by atoms with Gasteiger partial charge in [0.25, 0.3) is 5.91 Å². The average Bonchev–Trinajstić information content (AvgIpc) is 3.01. The fourth-order valence-corrected chi connectivity index (χ4v) is 5.75. The summed E-state index contributed by atoms with van der Waals surface area (Å²) in [6.07, 6.45) is -0.463.